The molecule has 0 aliphatic heterocycles. The van der Waals surface area contributed by atoms with Crippen molar-refractivity contribution < 1.29 is 14.5 Å². The summed E-state index contributed by atoms with van der Waals surface area (Å²) < 4.78 is 11.6. The Labute approximate surface area is 165 Å². The Bertz CT molecular complexity index is 718. The molecule has 0 saturated heterocycles. The Balaban J connectivity index is 2.34. The molecule has 1 atom stereocenters. The number of rotatable bonds is 6. The Morgan fingerprint density at radius 3 is 2.22 bits per heavy atom. The maximum atomic E-state index is 10.4. The van der Waals surface area contributed by atoms with Crippen LogP contribution in [0.1, 0.15) is 60.5 Å². The zero-order valence-electron chi connectivity index (χ0n) is 18.1. The summed E-state index contributed by atoms with van der Waals surface area (Å²) in [5.41, 5.74) is 2.07. The van der Waals surface area contributed by atoms with Gasteiger partial charge in [0, 0.05) is 5.56 Å². The zero-order chi connectivity index (χ0) is 20.5. The van der Waals surface area contributed by atoms with Gasteiger partial charge in [-0.3, -0.25) is 0 Å². The Hall–Kier alpha value is -1.52. The maximum absolute atomic E-state index is 10.4. The highest BCUT2D eigenvalue weighted by molar-refractivity contribution is 6.31. The molecule has 27 heavy (non-hydrogen) atoms. The summed E-state index contributed by atoms with van der Waals surface area (Å²) in [6.07, 6.45) is 5.42. The molecule has 0 heterocycles. The monoisotopic (exact) mass is 369 g/mol. The molecule has 0 aromatic heterocycles. The van der Waals surface area contributed by atoms with Crippen LogP contribution in [0.25, 0.3) is 5.57 Å². The summed E-state index contributed by atoms with van der Waals surface area (Å²) in [7, 11) is 3.58. The van der Waals surface area contributed by atoms with Crippen LogP contribution < -0.4 is 4.74 Å². The van der Waals surface area contributed by atoms with Crippen LogP contribution in [0.3, 0.4) is 0 Å². The van der Waals surface area contributed by atoms with E-state index in [1.807, 2.05) is 39.5 Å². The average Bonchev–Trinajstić information content (AvgIpc) is 2.58. The van der Waals surface area contributed by atoms with Gasteiger partial charge in [0.1, 0.15) is 5.75 Å². The first-order valence-corrected chi connectivity index (χ1v) is 9.65. The second kappa shape index (κ2) is 7.85. The third-order valence-electron chi connectivity index (χ3n) is 5.57. The maximum Gasteiger partial charge on any atom is 0.301 e. The third kappa shape index (κ3) is 5.27. The largest absolute Gasteiger partial charge is 0.496 e. The standard InChI is InChI=1S/C23H34BO3/c1-21(2,3)17-13-16(19-11-9-10-12-20(19)26-8)14-18(15-17)24-27-23(6,7)22(4,5)25/h9-14,18,25H,15H2,1-8H3. The van der Waals surface area contributed by atoms with Gasteiger partial charge in [-0.25, -0.2) is 0 Å². The number of ether oxygens (including phenoxy) is 1. The van der Waals surface area contributed by atoms with Crippen LogP contribution in [0, 0.1) is 5.41 Å². The first kappa shape index (κ1) is 21.8. The molecule has 1 aliphatic rings. The van der Waals surface area contributed by atoms with E-state index in [1.54, 1.807) is 21.0 Å². The molecule has 1 aromatic rings. The second-order valence-corrected chi connectivity index (χ2v) is 9.43. The lowest BCUT2D eigenvalue weighted by molar-refractivity contribution is -0.0907. The van der Waals surface area contributed by atoms with E-state index < -0.39 is 11.2 Å². The molecule has 1 aliphatic carbocycles. The van der Waals surface area contributed by atoms with Gasteiger partial charge in [-0.05, 0) is 57.0 Å². The van der Waals surface area contributed by atoms with Crippen LogP contribution in [0.15, 0.2) is 42.0 Å². The summed E-state index contributed by atoms with van der Waals surface area (Å²) in [5.74, 6) is 0.998. The van der Waals surface area contributed by atoms with Crippen LogP contribution in [-0.2, 0) is 4.65 Å². The number of allylic oxidation sites excluding steroid dienone is 4. The van der Waals surface area contributed by atoms with E-state index in [-0.39, 0.29) is 11.2 Å². The van der Waals surface area contributed by atoms with E-state index in [0.717, 1.165) is 23.3 Å². The van der Waals surface area contributed by atoms with Crippen molar-refractivity contribution in [2.45, 2.75) is 71.9 Å². The van der Waals surface area contributed by atoms with E-state index in [1.165, 1.54) is 5.57 Å². The van der Waals surface area contributed by atoms with Crippen molar-refractivity contribution in [2.24, 2.45) is 5.41 Å². The van der Waals surface area contributed by atoms with Gasteiger partial charge in [-0.1, -0.05) is 56.7 Å². The smallest absolute Gasteiger partial charge is 0.301 e. The summed E-state index contributed by atoms with van der Waals surface area (Å²) >= 11 is 0. The minimum absolute atomic E-state index is 0.0688. The SMILES string of the molecule is COc1ccccc1C1=CC([B]OC(C)(C)C(C)(C)O)CC(C(C)(C)C)=C1. The van der Waals surface area contributed by atoms with Crippen molar-refractivity contribution in [1.82, 2.24) is 0 Å². The molecule has 2 rings (SSSR count). The fourth-order valence-electron chi connectivity index (χ4n) is 2.90. The van der Waals surface area contributed by atoms with Gasteiger partial charge in [0.15, 0.2) is 0 Å². The van der Waals surface area contributed by atoms with Crippen LogP contribution in [-0.4, -0.2) is 30.9 Å². The lowest BCUT2D eigenvalue weighted by atomic mass is 9.66. The minimum atomic E-state index is -0.934. The normalized spacial score (nSPS) is 18.6. The lowest BCUT2D eigenvalue weighted by Gasteiger charge is -2.39. The van der Waals surface area contributed by atoms with E-state index in [9.17, 15) is 5.11 Å². The van der Waals surface area contributed by atoms with Crippen molar-refractivity contribution in [3.63, 3.8) is 0 Å². The number of hydrogen-bond donors (Lipinski definition) is 1. The fraction of sp³-hybridized carbons (Fsp3) is 0.565. The zero-order valence-corrected chi connectivity index (χ0v) is 18.1. The van der Waals surface area contributed by atoms with Gasteiger partial charge >= 0.3 is 7.48 Å². The summed E-state index contributed by atoms with van der Waals surface area (Å²) in [4.78, 5) is 0. The van der Waals surface area contributed by atoms with Crippen LogP contribution in [0.5, 0.6) is 5.75 Å². The Morgan fingerprint density at radius 2 is 1.67 bits per heavy atom. The summed E-state index contributed by atoms with van der Waals surface area (Å²) in [5, 5.41) is 10.4. The number of hydrogen-bond acceptors (Lipinski definition) is 3. The van der Waals surface area contributed by atoms with Crippen molar-refractivity contribution in [3.05, 3.63) is 47.6 Å². The molecule has 147 valence electrons. The molecule has 1 aromatic carbocycles. The van der Waals surface area contributed by atoms with Crippen molar-refractivity contribution >= 4 is 13.1 Å². The quantitative estimate of drug-likeness (QED) is 0.680. The summed E-state index contributed by atoms with van der Waals surface area (Å²) in [6.45, 7) is 14.1. The molecule has 4 heteroatoms. The molecular weight excluding hydrogens is 335 g/mol. The fourth-order valence-corrected chi connectivity index (χ4v) is 2.90. The summed E-state index contributed by atoms with van der Waals surface area (Å²) in [6, 6.07) is 8.09. The van der Waals surface area contributed by atoms with E-state index in [2.05, 4.69) is 39.0 Å². The van der Waals surface area contributed by atoms with E-state index in [4.69, 9.17) is 9.39 Å². The second-order valence-electron chi connectivity index (χ2n) is 9.43. The molecule has 0 amide bonds. The predicted octanol–water partition coefficient (Wildman–Crippen LogP) is 5.43. The predicted molar refractivity (Wildman–Crippen MR) is 114 cm³/mol. The first-order chi connectivity index (χ1) is 12.3. The molecular formula is C23H34BO3. The number of para-hydroxylation sites is 1. The number of aliphatic hydroxyl groups is 1. The number of methoxy groups -OCH3 is 1. The first-order valence-electron chi connectivity index (χ1n) is 9.65. The van der Waals surface area contributed by atoms with Gasteiger partial charge < -0.3 is 14.5 Å². The molecule has 0 fully saturated rings. The topological polar surface area (TPSA) is 38.7 Å². The van der Waals surface area contributed by atoms with Crippen molar-refractivity contribution in [3.8, 4) is 5.75 Å². The highest BCUT2D eigenvalue weighted by atomic mass is 16.5. The Kier molecular flexibility index (Phi) is 6.33. The van der Waals surface area contributed by atoms with Gasteiger partial charge in [-0.2, -0.15) is 0 Å². The highest BCUT2D eigenvalue weighted by Crippen LogP contribution is 2.42. The van der Waals surface area contributed by atoms with Crippen LogP contribution >= 0.6 is 0 Å². The molecule has 1 unspecified atom stereocenters. The minimum Gasteiger partial charge on any atom is -0.496 e. The average molecular weight is 369 g/mol. The van der Waals surface area contributed by atoms with Crippen LogP contribution in [0.4, 0.5) is 0 Å². The van der Waals surface area contributed by atoms with Gasteiger partial charge in [0.25, 0.3) is 0 Å². The highest BCUT2D eigenvalue weighted by Gasteiger charge is 2.37. The van der Waals surface area contributed by atoms with Crippen molar-refractivity contribution in [2.75, 3.05) is 7.11 Å². The molecule has 3 nitrogen and oxygen atoms in total. The van der Waals surface area contributed by atoms with Gasteiger partial charge in [0.2, 0.25) is 0 Å². The molecule has 0 spiro atoms. The number of benzene rings is 1. The van der Waals surface area contributed by atoms with E-state index in [0.29, 0.717) is 0 Å². The van der Waals surface area contributed by atoms with E-state index >= 15 is 0 Å². The molecule has 0 saturated carbocycles. The van der Waals surface area contributed by atoms with Crippen molar-refractivity contribution in [1.29, 1.82) is 0 Å². The third-order valence-corrected chi connectivity index (χ3v) is 5.57. The Morgan fingerprint density at radius 1 is 1.04 bits per heavy atom. The van der Waals surface area contributed by atoms with Gasteiger partial charge in [0.05, 0.1) is 18.3 Å². The van der Waals surface area contributed by atoms with Crippen LogP contribution in [0.2, 0.25) is 5.82 Å². The van der Waals surface area contributed by atoms with Gasteiger partial charge in [-0.15, -0.1) is 0 Å². The lowest BCUT2D eigenvalue weighted by Crippen LogP contribution is -2.48. The molecule has 0 bridgehead atoms. The molecule has 1 N–H and O–H groups in total. The molecule has 1 radical (unpaired) electrons.